The van der Waals surface area contributed by atoms with Crippen molar-refractivity contribution >= 4 is 10.9 Å². The zero-order valence-electron chi connectivity index (χ0n) is 10.9. The highest BCUT2D eigenvalue weighted by atomic mass is 15.0. The highest BCUT2D eigenvalue weighted by Gasteiger charge is 2.18. The summed E-state index contributed by atoms with van der Waals surface area (Å²) in [4.78, 5) is 0. The Labute approximate surface area is 103 Å². The molecule has 1 aromatic heterocycles. The van der Waals surface area contributed by atoms with Crippen LogP contribution in [0.15, 0.2) is 12.1 Å². The number of aryl methyl sites for hydroxylation is 4. The highest BCUT2D eigenvalue weighted by Crippen LogP contribution is 2.31. The SMILES string of the molecule is Cc1cc(C)c2c3c(n(C)c2c1)CNCCC3. The van der Waals surface area contributed by atoms with Gasteiger partial charge in [0.25, 0.3) is 0 Å². The van der Waals surface area contributed by atoms with Gasteiger partial charge in [0.2, 0.25) is 0 Å². The fourth-order valence-corrected chi connectivity index (χ4v) is 3.19. The molecule has 0 aliphatic carbocycles. The van der Waals surface area contributed by atoms with Crippen molar-refractivity contribution in [3.8, 4) is 0 Å². The van der Waals surface area contributed by atoms with Crippen molar-refractivity contribution in [2.24, 2.45) is 7.05 Å². The number of rotatable bonds is 0. The molecule has 0 atom stereocenters. The van der Waals surface area contributed by atoms with E-state index in [1.807, 2.05) is 0 Å². The largest absolute Gasteiger partial charge is 0.346 e. The molecule has 0 bridgehead atoms. The van der Waals surface area contributed by atoms with Crippen molar-refractivity contribution in [2.75, 3.05) is 6.54 Å². The lowest BCUT2D eigenvalue weighted by Gasteiger charge is -2.05. The molecule has 3 rings (SSSR count). The minimum Gasteiger partial charge on any atom is -0.346 e. The molecule has 1 aliphatic heterocycles. The Hall–Kier alpha value is -1.28. The molecule has 0 radical (unpaired) electrons. The molecule has 1 aromatic carbocycles. The van der Waals surface area contributed by atoms with E-state index in [0.29, 0.717) is 0 Å². The second-order valence-corrected chi connectivity index (χ2v) is 5.24. The Morgan fingerprint density at radius 2 is 2.06 bits per heavy atom. The van der Waals surface area contributed by atoms with E-state index in [-0.39, 0.29) is 0 Å². The predicted molar refractivity (Wildman–Crippen MR) is 72.4 cm³/mol. The van der Waals surface area contributed by atoms with Crippen LogP contribution in [0.1, 0.15) is 28.8 Å². The van der Waals surface area contributed by atoms with Gasteiger partial charge in [0.1, 0.15) is 0 Å². The molecular weight excluding hydrogens is 208 g/mol. The van der Waals surface area contributed by atoms with Crippen LogP contribution in [0.5, 0.6) is 0 Å². The zero-order valence-corrected chi connectivity index (χ0v) is 10.9. The molecule has 17 heavy (non-hydrogen) atoms. The third kappa shape index (κ3) is 1.59. The maximum absolute atomic E-state index is 3.52. The van der Waals surface area contributed by atoms with Gasteiger partial charge < -0.3 is 9.88 Å². The van der Waals surface area contributed by atoms with Gasteiger partial charge in [0, 0.05) is 30.2 Å². The van der Waals surface area contributed by atoms with Crippen LogP contribution in [0.3, 0.4) is 0 Å². The lowest BCUT2D eigenvalue weighted by molar-refractivity contribution is 0.661. The van der Waals surface area contributed by atoms with Crippen LogP contribution in [0.2, 0.25) is 0 Å². The molecule has 2 aromatic rings. The van der Waals surface area contributed by atoms with Crippen molar-refractivity contribution in [3.05, 3.63) is 34.5 Å². The Morgan fingerprint density at radius 3 is 2.88 bits per heavy atom. The van der Waals surface area contributed by atoms with Gasteiger partial charge in [-0.25, -0.2) is 0 Å². The van der Waals surface area contributed by atoms with Crippen LogP contribution in [-0.2, 0) is 20.0 Å². The third-order valence-electron chi connectivity index (χ3n) is 3.95. The maximum Gasteiger partial charge on any atom is 0.0488 e. The number of fused-ring (bicyclic) bond motifs is 3. The quantitative estimate of drug-likeness (QED) is 0.733. The number of benzene rings is 1. The third-order valence-corrected chi connectivity index (χ3v) is 3.95. The summed E-state index contributed by atoms with van der Waals surface area (Å²) in [7, 11) is 2.20. The van der Waals surface area contributed by atoms with Crippen molar-refractivity contribution in [1.82, 2.24) is 9.88 Å². The standard InChI is InChI=1S/C15H20N2/c1-10-7-11(2)15-12-5-4-6-16-9-14(12)17(3)13(15)8-10/h7-8,16H,4-6,9H2,1-3H3. The van der Waals surface area contributed by atoms with E-state index in [9.17, 15) is 0 Å². The molecule has 90 valence electrons. The molecule has 0 saturated carbocycles. The van der Waals surface area contributed by atoms with Crippen molar-refractivity contribution < 1.29 is 0 Å². The molecular formula is C15H20N2. The average molecular weight is 228 g/mol. The molecule has 0 saturated heterocycles. The Morgan fingerprint density at radius 1 is 1.24 bits per heavy atom. The molecule has 2 heteroatoms. The second-order valence-electron chi connectivity index (χ2n) is 5.24. The van der Waals surface area contributed by atoms with Gasteiger partial charge in [0.15, 0.2) is 0 Å². The Kier molecular flexibility index (Phi) is 2.48. The van der Waals surface area contributed by atoms with Crippen molar-refractivity contribution in [2.45, 2.75) is 33.2 Å². The lowest BCUT2D eigenvalue weighted by atomic mass is 10.0. The average Bonchev–Trinajstić information content (AvgIpc) is 2.48. The van der Waals surface area contributed by atoms with Gasteiger partial charge in [-0.1, -0.05) is 6.07 Å². The van der Waals surface area contributed by atoms with Crippen LogP contribution >= 0.6 is 0 Å². The van der Waals surface area contributed by atoms with Crippen molar-refractivity contribution in [1.29, 1.82) is 0 Å². The van der Waals surface area contributed by atoms with E-state index < -0.39 is 0 Å². The van der Waals surface area contributed by atoms with E-state index in [0.717, 1.165) is 13.1 Å². The molecule has 0 unspecified atom stereocenters. The fourth-order valence-electron chi connectivity index (χ4n) is 3.19. The molecule has 0 fully saturated rings. The first kappa shape index (κ1) is 10.8. The summed E-state index contributed by atoms with van der Waals surface area (Å²) in [5.41, 5.74) is 7.24. The number of hydrogen-bond acceptors (Lipinski definition) is 1. The number of aromatic nitrogens is 1. The van der Waals surface area contributed by atoms with Crippen LogP contribution < -0.4 is 5.32 Å². The topological polar surface area (TPSA) is 17.0 Å². The Balaban J connectivity index is 2.37. The van der Waals surface area contributed by atoms with E-state index in [1.165, 1.54) is 40.6 Å². The van der Waals surface area contributed by atoms with Crippen LogP contribution in [0.25, 0.3) is 10.9 Å². The van der Waals surface area contributed by atoms with E-state index in [4.69, 9.17) is 0 Å². The van der Waals surface area contributed by atoms with Gasteiger partial charge in [-0.05, 0) is 56.0 Å². The zero-order chi connectivity index (χ0) is 12.0. The molecule has 0 amide bonds. The second kappa shape index (κ2) is 3.88. The summed E-state index contributed by atoms with van der Waals surface area (Å²) in [6, 6.07) is 4.62. The lowest BCUT2D eigenvalue weighted by Crippen LogP contribution is -2.14. The summed E-state index contributed by atoms with van der Waals surface area (Å²) in [5, 5.41) is 5.02. The molecule has 0 spiro atoms. The summed E-state index contributed by atoms with van der Waals surface area (Å²) in [5.74, 6) is 0. The molecule has 1 N–H and O–H groups in total. The van der Waals surface area contributed by atoms with Gasteiger partial charge >= 0.3 is 0 Å². The van der Waals surface area contributed by atoms with Gasteiger partial charge in [0.05, 0.1) is 0 Å². The first-order valence-corrected chi connectivity index (χ1v) is 6.46. The maximum atomic E-state index is 3.52. The van der Waals surface area contributed by atoms with Crippen LogP contribution in [0.4, 0.5) is 0 Å². The number of nitrogens with zero attached hydrogens (tertiary/aromatic N) is 1. The first-order chi connectivity index (χ1) is 8.18. The van der Waals surface area contributed by atoms with Gasteiger partial charge in [-0.15, -0.1) is 0 Å². The normalized spacial score (nSPS) is 15.9. The predicted octanol–water partition coefficient (Wildman–Crippen LogP) is 2.83. The number of hydrogen-bond donors (Lipinski definition) is 1. The number of nitrogens with one attached hydrogen (secondary N) is 1. The van der Waals surface area contributed by atoms with Crippen LogP contribution in [0, 0.1) is 13.8 Å². The molecule has 2 nitrogen and oxygen atoms in total. The van der Waals surface area contributed by atoms with E-state index in [2.05, 4.69) is 42.9 Å². The first-order valence-electron chi connectivity index (χ1n) is 6.46. The summed E-state index contributed by atoms with van der Waals surface area (Å²) < 4.78 is 2.38. The minimum absolute atomic E-state index is 1.01. The monoisotopic (exact) mass is 228 g/mol. The highest BCUT2D eigenvalue weighted by molar-refractivity contribution is 5.89. The fraction of sp³-hybridized carbons (Fsp3) is 0.467. The van der Waals surface area contributed by atoms with Crippen LogP contribution in [-0.4, -0.2) is 11.1 Å². The van der Waals surface area contributed by atoms with Gasteiger partial charge in [-0.3, -0.25) is 0 Å². The molecule has 1 aliphatic rings. The smallest absolute Gasteiger partial charge is 0.0488 e. The van der Waals surface area contributed by atoms with Crippen molar-refractivity contribution in [3.63, 3.8) is 0 Å². The summed E-state index contributed by atoms with van der Waals surface area (Å²) >= 11 is 0. The Bertz CT molecular complexity index is 578. The van der Waals surface area contributed by atoms with E-state index in [1.54, 1.807) is 5.56 Å². The summed E-state index contributed by atoms with van der Waals surface area (Å²) in [6.45, 7) is 6.58. The summed E-state index contributed by atoms with van der Waals surface area (Å²) in [6.07, 6.45) is 2.46. The minimum atomic E-state index is 1.01. The molecule has 2 heterocycles. The van der Waals surface area contributed by atoms with Gasteiger partial charge in [-0.2, -0.15) is 0 Å². The van der Waals surface area contributed by atoms with E-state index >= 15 is 0 Å².